The smallest absolute Gasteiger partial charge is 0.355 e. The van der Waals surface area contributed by atoms with Crippen LogP contribution in [-0.4, -0.2) is 29.1 Å². The highest BCUT2D eigenvalue weighted by atomic mass is 16.8. The number of nitro groups is 1. The highest BCUT2D eigenvalue weighted by molar-refractivity contribution is 5.37. The number of hydroxylamine groups is 3. The summed E-state index contributed by atoms with van der Waals surface area (Å²) in [5.74, 6) is -0.134. The Labute approximate surface area is 128 Å². The van der Waals surface area contributed by atoms with Crippen molar-refractivity contribution in [1.29, 1.82) is 0 Å². The number of rotatable bonds is 9. The maximum Gasteiger partial charge on any atom is 0.355 e. The van der Waals surface area contributed by atoms with Gasteiger partial charge in [0.05, 0.1) is 11.9 Å². The van der Waals surface area contributed by atoms with Gasteiger partial charge in [0.25, 0.3) is 0 Å². The van der Waals surface area contributed by atoms with Gasteiger partial charge >= 0.3 is 5.82 Å². The van der Waals surface area contributed by atoms with Gasteiger partial charge in [0.2, 0.25) is 5.70 Å². The van der Waals surface area contributed by atoms with E-state index in [2.05, 4.69) is 10.8 Å². The predicted molar refractivity (Wildman–Crippen MR) is 80.8 cm³/mol. The number of nitrogens with zero attached hydrogens (tertiary/aromatic N) is 2. The number of hydrogen-bond donors (Lipinski definition) is 4. The van der Waals surface area contributed by atoms with Crippen molar-refractivity contribution in [3.05, 3.63) is 45.7 Å². The molecular formula is C13H22N6O3. The average Bonchev–Trinajstić information content (AvgIpc) is 2.98. The first-order valence-electron chi connectivity index (χ1n) is 7.32. The molecule has 122 valence electrons. The molecule has 22 heavy (non-hydrogen) atoms. The van der Waals surface area contributed by atoms with Gasteiger partial charge in [0.1, 0.15) is 0 Å². The minimum Gasteiger partial charge on any atom is -0.381 e. The summed E-state index contributed by atoms with van der Waals surface area (Å²) in [6.07, 6.45) is 8.35. The zero-order chi connectivity index (χ0) is 15.9. The molecule has 0 aromatic carbocycles. The molecule has 2 heterocycles. The molecule has 0 radical (unpaired) electrons. The molecule has 9 heteroatoms. The average molecular weight is 310 g/mol. The molecule has 0 aromatic heterocycles. The standard InChI is InChI=1S/C13H22N6O3/c14-7-1-3-10(15)4-2-8-16-11-5-6-13(19(20)21)18-12(11)9-17-22-18/h5-6,9-10,16-17H,1-4,7-8,14-15H2. The molecule has 0 bridgehead atoms. The van der Waals surface area contributed by atoms with Gasteiger partial charge in [-0.1, -0.05) is 4.94 Å². The van der Waals surface area contributed by atoms with Crippen molar-refractivity contribution in [3.63, 3.8) is 0 Å². The minimum atomic E-state index is -0.495. The lowest BCUT2D eigenvalue weighted by atomic mass is 10.1. The van der Waals surface area contributed by atoms with Crippen LogP contribution in [0.25, 0.3) is 0 Å². The van der Waals surface area contributed by atoms with Crippen LogP contribution in [0.2, 0.25) is 0 Å². The topological polar surface area (TPSA) is 132 Å². The summed E-state index contributed by atoms with van der Waals surface area (Å²) in [5.41, 5.74) is 15.3. The quantitative estimate of drug-likeness (QED) is 0.266. The van der Waals surface area contributed by atoms with Crippen LogP contribution in [0.1, 0.15) is 25.7 Å². The van der Waals surface area contributed by atoms with Crippen molar-refractivity contribution in [2.24, 2.45) is 11.5 Å². The van der Waals surface area contributed by atoms with Crippen LogP contribution in [0.3, 0.4) is 0 Å². The van der Waals surface area contributed by atoms with Crippen molar-refractivity contribution in [2.75, 3.05) is 13.1 Å². The maximum absolute atomic E-state index is 10.9. The van der Waals surface area contributed by atoms with E-state index in [0.717, 1.165) is 43.0 Å². The van der Waals surface area contributed by atoms with E-state index in [9.17, 15) is 10.1 Å². The van der Waals surface area contributed by atoms with Gasteiger partial charge in [0, 0.05) is 18.7 Å². The molecule has 0 amide bonds. The second kappa shape index (κ2) is 7.78. The van der Waals surface area contributed by atoms with E-state index in [4.69, 9.17) is 16.4 Å². The third-order valence-corrected chi connectivity index (χ3v) is 3.47. The Hall–Kier alpha value is -2.10. The first kappa shape index (κ1) is 16.3. The molecule has 1 atom stereocenters. The fourth-order valence-corrected chi connectivity index (χ4v) is 2.31. The van der Waals surface area contributed by atoms with Crippen molar-refractivity contribution in [2.45, 2.75) is 31.7 Å². The molecule has 0 aromatic rings. The highest BCUT2D eigenvalue weighted by Gasteiger charge is 2.37. The van der Waals surface area contributed by atoms with Crippen molar-refractivity contribution < 1.29 is 9.86 Å². The number of hydrogen-bond acceptors (Lipinski definition) is 8. The van der Waals surface area contributed by atoms with Crippen molar-refractivity contribution in [3.8, 4) is 0 Å². The Morgan fingerprint density at radius 1 is 1.41 bits per heavy atom. The van der Waals surface area contributed by atoms with E-state index in [1.165, 1.54) is 6.08 Å². The molecule has 0 aliphatic carbocycles. The molecule has 2 rings (SSSR count). The molecule has 0 fully saturated rings. The Kier molecular flexibility index (Phi) is 5.75. The predicted octanol–water partition coefficient (Wildman–Crippen LogP) is 0.0312. The first-order valence-corrected chi connectivity index (χ1v) is 7.32. The molecule has 0 spiro atoms. The Morgan fingerprint density at radius 2 is 2.18 bits per heavy atom. The maximum atomic E-state index is 10.9. The highest BCUT2D eigenvalue weighted by Crippen LogP contribution is 2.26. The lowest BCUT2D eigenvalue weighted by Gasteiger charge is -2.18. The van der Waals surface area contributed by atoms with Gasteiger partial charge in [-0.05, 0) is 48.3 Å². The number of allylic oxidation sites excluding steroid dienone is 2. The second-order valence-corrected chi connectivity index (χ2v) is 5.16. The van der Waals surface area contributed by atoms with E-state index in [1.54, 1.807) is 12.3 Å². The third-order valence-electron chi connectivity index (χ3n) is 3.47. The second-order valence-electron chi connectivity index (χ2n) is 5.16. The lowest BCUT2D eigenvalue weighted by Crippen LogP contribution is -2.31. The van der Waals surface area contributed by atoms with Crippen LogP contribution in [-0.2, 0) is 4.94 Å². The summed E-state index contributed by atoms with van der Waals surface area (Å²) in [6.45, 7) is 1.40. The number of nitrogens with two attached hydrogens (primary N) is 2. The zero-order valence-electron chi connectivity index (χ0n) is 12.3. The molecule has 0 saturated heterocycles. The summed E-state index contributed by atoms with van der Waals surface area (Å²) < 4.78 is 0. The Bertz CT molecular complexity index is 502. The summed E-state index contributed by atoms with van der Waals surface area (Å²) in [7, 11) is 0. The van der Waals surface area contributed by atoms with Crippen LogP contribution in [0.5, 0.6) is 0 Å². The van der Waals surface area contributed by atoms with Gasteiger partial charge in [-0.3, -0.25) is 0 Å². The third kappa shape index (κ3) is 3.97. The molecule has 2 aliphatic heterocycles. The molecule has 9 nitrogen and oxygen atoms in total. The molecule has 1 unspecified atom stereocenters. The molecule has 0 saturated carbocycles. The SMILES string of the molecule is NCCCC(N)CCCNC1=CC=C([N+](=O)[O-])N2ONC=C12. The lowest BCUT2D eigenvalue weighted by molar-refractivity contribution is -0.465. The van der Waals surface area contributed by atoms with E-state index in [-0.39, 0.29) is 11.9 Å². The van der Waals surface area contributed by atoms with Gasteiger partial charge < -0.3 is 26.9 Å². The fraction of sp³-hybridized carbons (Fsp3) is 0.538. The van der Waals surface area contributed by atoms with Crippen molar-refractivity contribution >= 4 is 0 Å². The minimum absolute atomic E-state index is 0.134. The van der Waals surface area contributed by atoms with Gasteiger partial charge in [-0.25, -0.2) is 5.48 Å². The van der Waals surface area contributed by atoms with E-state index < -0.39 is 4.92 Å². The first-order chi connectivity index (χ1) is 10.6. The van der Waals surface area contributed by atoms with Gasteiger partial charge in [-0.15, -0.1) is 0 Å². The van der Waals surface area contributed by atoms with Crippen LogP contribution < -0.4 is 22.3 Å². The molecular weight excluding hydrogens is 288 g/mol. The Balaban J connectivity index is 1.81. The van der Waals surface area contributed by atoms with E-state index in [1.807, 2.05) is 0 Å². The summed E-state index contributed by atoms with van der Waals surface area (Å²) in [4.78, 5) is 15.4. The van der Waals surface area contributed by atoms with Crippen LogP contribution in [0.15, 0.2) is 35.6 Å². The summed E-state index contributed by atoms with van der Waals surface area (Å²) >= 11 is 0. The number of fused-ring (bicyclic) bond motifs is 1. The monoisotopic (exact) mass is 310 g/mol. The summed E-state index contributed by atoms with van der Waals surface area (Å²) in [5, 5.41) is 15.3. The van der Waals surface area contributed by atoms with E-state index in [0.29, 0.717) is 12.2 Å². The van der Waals surface area contributed by atoms with Crippen LogP contribution >= 0.6 is 0 Å². The molecule has 6 N–H and O–H groups in total. The summed E-state index contributed by atoms with van der Waals surface area (Å²) in [6, 6.07) is 0.166. The van der Waals surface area contributed by atoms with Crippen molar-refractivity contribution in [1.82, 2.24) is 15.9 Å². The van der Waals surface area contributed by atoms with Crippen LogP contribution in [0, 0.1) is 10.1 Å². The van der Waals surface area contributed by atoms with Gasteiger partial charge in [0.15, 0.2) is 0 Å². The number of nitrogens with one attached hydrogen (secondary N) is 2. The largest absolute Gasteiger partial charge is 0.381 e. The van der Waals surface area contributed by atoms with E-state index >= 15 is 0 Å². The molecule has 2 aliphatic rings. The Morgan fingerprint density at radius 3 is 2.91 bits per heavy atom. The zero-order valence-corrected chi connectivity index (χ0v) is 12.3. The van der Waals surface area contributed by atoms with Crippen LogP contribution in [0.4, 0.5) is 0 Å². The van der Waals surface area contributed by atoms with Gasteiger partial charge in [-0.2, -0.15) is 0 Å². The fourth-order valence-electron chi connectivity index (χ4n) is 2.31. The normalized spacial score (nSPS) is 17.9.